The summed E-state index contributed by atoms with van der Waals surface area (Å²) < 4.78 is 5.34. The molecule has 2 fully saturated rings. The van der Waals surface area contributed by atoms with Gasteiger partial charge in [-0.25, -0.2) is 0 Å². The molecule has 0 saturated carbocycles. The van der Waals surface area contributed by atoms with Crippen molar-refractivity contribution in [3.63, 3.8) is 0 Å². The fourth-order valence-corrected chi connectivity index (χ4v) is 2.78. The van der Waals surface area contributed by atoms with Crippen LogP contribution in [0.5, 0.6) is 0 Å². The van der Waals surface area contributed by atoms with Gasteiger partial charge in [0.05, 0.1) is 6.04 Å². The van der Waals surface area contributed by atoms with Crippen LogP contribution in [0.15, 0.2) is 24.3 Å². The van der Waals surface area contributed by atoms with Crippen molar-refractivity contribution in [1.82, 2.24) is 5.32 Å². The average molecular weight is 340 g/mol. The molecule has 2 aliphatic heterocycles. The normalized spacial score (nSPS) is 23.1. The van der Waals surface area contributed by atoms with Crippen LogP contribution in [0.2, 0.25) is 0 Å². The molecule has 6 nitrogen and oxygen atoms in total. The van der Waals surface area contributed by atoms with Crippen molar-refractivity contribution in [3.05, 3.63) is 24.3 Å². The minimum Gasteiger partial charge on any atom is -0.368 e. The molecule has 2 aliphatic rings. The van der Waals surface area contributed by atoms with Crippen LogP contribution in [0.25, 0.3) is 0 Å². The Morgan fingerprint density at radius 1 is 1.00 bits per heavy atom. The molecular formula is C16H22ClN3O3. The van der Waals surface area contributed by atoms with E-state index in [1.807, 2.05) is 0 Å². The standard InChI is InChI=1S/C16H21N3O3.ClH/c20-15(13-3-1-9-17-13)18-11-5-7-12(8-6-11)19-16(21)14-4-2-10-22-14;/h5-8,13-14,17H,1-4,9-10H2,(H,18,20)(H,19,21);1H. The molecule has 126 valence electrons. The Bertz CT molecular complexity index is 489. The first-order chi connectivity index (χ1) is 10.7. The third-order valence-corrected chi connectivity index (χ3v) is 4.02. The van der Waals surface area contributed by atoms with E-state index in [0.29, 0.717) is 12.3 Å². The summed E-state index contributed by atoms with van der Waals surface area (Å²) in [5.74, 6) is -0.113. The molecule has 0 aliphatic carbocycles. The lowest BCUT2D eigenvalue weighted by Crippen LogP contribution is -2.35. The Hall–Kier alpha value is -1.63. The molecule has 0 aromatic heterocycles. The number of ether oxygens (including phenoxy) is 1. The summed E-state index contributed by atoms with van der Waals surface area (Å²) in [6, 6.07) is 7.05. The maximum atomic E-state index is 12.0. The summed E-state index contributed by atoms with van der Waals surface area (Å²) >= 11 is 0. The van der Waals surface area contributed by atoms with Gasteiger partial charge in [-0.2, -0.15) is 0 Å². The first-order valence-electron chi connectivity index (χ1n) is 7.79. The molecule has 0 radical (unpaired) electrons. The van der Waals surface area contributed by atoms with E-state index in [9.17, 15) is 9.59 Å². The highest BCUT2D eigenvalue weighted by molar-refractivity contribution is 5.96. The molecule has 3 N–H and O–H groups in total. The van der Waals surface area contributed by atoms with Gasteiger partial charge in [-0.1, -0.05) is 0 Å². The van der Waals surface area contributed by atoms with Crippen LogP contribution >= 0.6 is 12.4 Å². The largest absolute Gasteiger partial charge is 0.368 e. The first-order valence-corrected chi connectivity index (χ1v) is 7.79. The molecule has 2 atom stereocenters. The lowest BCUT2D eigenvalue weighted by atomic mass is 10.2. The number of carbonyl (C=O) groups is 2. The summed E-state index contributed by atoms with van der Waals surface area (Å²) in [7, 11) is 0. The molecule has 0 bridgehead atoms. The third-order valence-electron chi connectivity index (χ3n) is 4.02. The van der Waals surface area contributed by atoms with Gasteiger partial charge in [0.2, 0.25) is 5.91 Å². The smallest absolute Gasteiger partial charge is 0.253 e. The Labute approximate surface area is 141 Å². The lowest BCUT2D eigenvalue weighted by Gasteiger charge is -2.13. The highest BCUT2D eigenvalue weighted by Gasteiger charge is 2.24. The second kappa shape index (κ2) is 8.29. The van der Waals surface area contributed by atoms with Gasteiger partial charge in [-0.15, -0.1) is 12.4 Å². The van der Waals surface area contributed by atoms with Crippen molar-refractivity contribution >= 4 is 35.6 Å². The highest BCUT2D eigenvalue weighted by Crippen LogP contribution is 2.18. The minimum atomic E-state index is -0.340. The van der Waals surface area contributed by atoms with Crippen molar-refractivity contribution in [2.45, 2.75) is 37.8 Å². The highest BCUT2D eigenvalue weighted by atomic mass is 35.5. The van der Waals surface area contributed by atoms with E-state index in [2.05, 4.69) is 16.0 Å². The summed E-state index contributed by atoms with van der Waals surface area (Å²) in [4.78, 5) is 23.9. The van der Waals surface area contributed by atoms with Crippen molar-refractivity contribution < 1.29 is 14.3 Å². The monoisotopic (exact) mass is 339 g/mol. The molecule has 1 aromatic rings. The molecule has 3 rings (SSSR count). The zero-order chi connectivity index (χ0) is 15.4. The van der Waals surface area contributed by atoms with E-state index >= 15 is 0 Å². The number of anilines is 2. The van der Waals surface area contributed by atoms with Gasteiger partial charge in [0.1, 0.15) is 6.10 Å². The number of hydrogen-bond donors (Lipinski definition) is 3. The molecule has 2 unspecified atom stereocenters. The number of rotatable bonds is 4. The molecule has 2 saturated heterocycles. The summed E-state index contributed by atoms with van der Waals surface area (Å²) in [6.07, 6.45) is 3.27. The second-order valence-corrected chi connectivity index (χ2v) is 5.71. The first kappa shape index (κ1) is 17.7. The molecule has 23 heavy (non-hydrogen) atoms. The fourth-order valence-electron chi connectivity index (χ4n) is 2.78. The second-order valence-electron chi connectivity index (χ2n) is 5.71. The molecular weight excluding hydrogens is 318 g/mol. The van der Waals surface area contributed by atoms with Crippen LogP contribution in [-0.4, -0.2) is 37.1 Å². The quantitative estimate of drug-likeness (QED) is 0.783. The number of halogens is 1. The SMILES string of the molecule is Cl.O=C(Nc1ccc(NC(=O)C2CCCO2)cc1)C1CCCN1. The lowest BCUT2D eigenvalue weighted by molar-refractivity contribution is -0.124. The number of benzene rings is 1. The van der Waals surface area contributed by atoms with E-state index in [-0.39, 0.29) is 36.4 Å². The predicted molar refractivity (Wildman–Crippen MR) is 90.9 cm³/mol. The summed E-state index contributed by atoms with van der Waals surface area (Å²) in [5.41, 5.74) is 1.44. The van der Waals surface area contributed by atoms with Crippen LogP contribution in [-0.2, 0) is 14.3 Å². The molecule has 0 spiro atoms. The van der Waals surface area contributed by atoms with Gasteiger partial charge < -0.3 is 20.7 Å². The van der Waals surface area contributed by atoms with Crippen LogP contribution in [0.3, 0.4) is 0 Å². The molecule has 7 heteroatoms. The van der Waals surface area contributed by atoms with Gasteiger partial charge in [0.25, 0.3) is 5.91 Å². The Kier molecular flexibility index (Phi) is 6.38. The minimum absolute atomic E-state index is 0. The van der Waals surface area contributed by atoms with E-state index in [1.165, 1.54) is 0 Å². The van der Waals surface area contributed by atoms with Crippen LogP contribution in [0, 0.1) is 0 Å². The third kappa shape index (κ3) is 4.67. The van der Waals surface area contributed by atoms with Crippen LogP contribution < -0.4 is 16.0 Å². The summed E-state index contributed by atoms with van der Waals surface area (Å²) in [6.45, 7) is 1.55. The number of nitrogens with one attached hydrogen (secondary N) is 3. The number of carbonyl (C=O) groups excluding carboxylic acids is 2. The van der Waals surface area contributed by atoms with Crippen molar-refractivity contribution in [2.75, 3.05) is 23.8 Å². The van der Waals surface area contributed by atoms with Crippen molar-refractivity contribution in [3.8, 4) is 0 Å². The predicted octanol–water partition coefficient (Wildman–Crippen LogP) is 1.92. The van der Waals surface area contributed by atoms with E-state index in [4.69, 9.17) is 4.74 Å². The maximum Gasteiger partial charge on any atom is 0.253 e. The average Bonchev–Trinajstić information content (AvgIpc) is 3.23. The number of hydrogen-bond acceptors (Lipinski definition) is 4. The van der Waals surface area contributed by atoms with Gasteiger partial charge >= 0.3 is 0 Å². The summed E-state index contributed by atoms with van der Waals surface area (Å²) in [5, 5.41) is 8.87. The van der Waals surface area contributed by atoms with Gasteiger partial charge in [-0.05, 0) is 56.5 Å². The zero-order valence-electron chi connectivity index (χ0n) is 12.8. The van der Waals surface area contributed by atoms with Gasteiger partial charge in [-0.3, -0.25) is 9.59 Å². The van der Waals surface area contributed by atoms with Crippen LogP contribution in [0.4, 0.5) is 11.4 Å². The van der Waals surface area contributed by atoms with E-state index in [0.717, 1.165) is 37.9 Å². The molecule has 2 amide bonds. The molecule has 2 heterocycles. The van der Waals surface area contributed by atoms with Crippen LogP contribution in [0.1, 0.15) is 25.7 Å². The van der Waals surface area contributed by atoms with Gasteiger partial charge in [0, 0.05) is 18.0 Å². The fraction of sp³-hybridized carbons (Fsp3) is 0.500. The van der Waals surface area contributed by atoms with Gasteiger partial charge in [0.15, 0.2) is 0 Å². The van der Waals surface area contributed by atoms with Crippen molar-refractivity contribution in [2.24, 2.45) is 0 Å². The number of amides is 2. The van der Waals surface area contributed by atoms with Crippen molar-refractivity contribution in [1.29, 1.82) is 0 Å². The zero-order valence-corrected chi connectivity index (χ0v) is 13.7. The molecule has 1 aromatic carbocycles. The van der Waals surface area contributed by atoms with E-state index < -0.39 is 0 Å². The topological polar surface area (TPSA) is 79.5 Å². The maximum absolute atomic E-state index is 12.0. The Morgan fingerprint density at radius 3 is 2.17 bits per heavy atom. The Morgan fingerprint density at radius 2 is 1.65 bits per heavy atom. The Balaban J connectivity index is 0.00000192. The van der Waals surface area contributed by atoms with E-state index in [1.54, 1.807) is 24.3 Å².